The van der Waals surface area contributed by atoms with E-state index in [0.717, 1.165) is 42.5 Å². The van der Waals surface area contributed by atoms with Crippen LogP contribution in [0.1, 0.15) is 62.4 Å². The first-order valence-electron chi connectivity index (χ1n) is 13.1. The van der Waals surface area contributed by atoms with Crippen molar-refractivity contribution < 1.29 is 19.8 Å². The second kappa shape index (κ2) is 10.4. The van der Waals surface area contributed by atoms with Gasteiger partial charge in [0.2, 0.25) is 5.91 Å². The van der Waals surface area contributed by atoms with E-state index in [1.54, 1.807) is 4.90 Å². The Kier molecular flexibility index (Phi) is 7.03. The van der Waals surface area contributed by atoms with Gasteiger partial charge in [-0.1, -0.05) is 25.1 Å². The van der Waals surface area contributed by atoms with Crippen molar-refractivity contribution in [3.05, 3.63) is 66.1 Å². The van der Waals surface area contributed by atoms with Gasteiger partial charge in [0, 0.05) is 41.7 Å². The predicted molar refractivity (Wildman–Crippen MR) is 144 cm³/mol. The van der Waals surface area contributed by atoms with E-state index < -0.39 is 5.97 Å². The number of carbonyl (C=O) groups is 2. The molecule has 9 heteroatoms. The first kappa shape index (κ1) is 25.7. The summed E-state index contributed by atoms with van der Waals surface area (Å²) in [6.45, 7) is 5.89. The molecule has 3 aromatic heterocycles. The minimum Gasteiger partial charge on any atom is -0.477 e. The summed E-state index contributed by atoms with van der Waals surface area (Å²) in [6.07, 6.45) is 8.89. The number of carboxylic acids is 1. The normalized spacial score (nSPS) is 17.7. The molecule has 0 spiro atoms. The Morgan fingerprint density at radius 1 is 1.08 bits per heavy atom. The van der Waals surface area contributed by atoms with E-state index in [1.807, 2.05) is 67.0 Å². The third kappa shape index (κ3) is 4.81. The molecule has 1 saturated carbocycles. The van der Waals surface area contributed by atoms with Gasteiger partial charge < -0.3 is 14.6 Å². The van der Waals surface area contributed by atoms with Crippen LogP contribution in [0.2, 0.25) is 0 Å². The van der Waals surface area contributed by atoms with Crippen molar-refractivity contribution in [2.75, 3.05) is 4.90 Å². The maximum atomic E-state index is 13.5. The lowest BCUT2D eigenvalue weighted by molar-refractivity contribution is -0.124. The van der Waals surface area contributed by atoms with Gasteiger partial charge >= 0.3 is 5.97 Å². The Bertz CT molecular complexity index is 1460. The summed E-state index contributed by atoms with van der Waals surface area (Å²) < 4.78 is 3.39. The average Bonchev–Trinajstić information content (AvgIpc) is 3.54. The van der Waals surface area contributed by atoms with E-state index in [9.17, 15) is 19.8 Å². The lowest BCUT2D eigenvalue weighted by atomic mass is 9.82. The third-order valence-corrected chi connectivity index (χ3v) is 7.43. The summed E-state index contributed by atoms with van der Waals surface area (Å²) >= 11 is 0. The van der Waals surface area contributed by atoms with Crippen LogP contribution in [0, 0.1) is 11.8 Å². The molecule has 1 amide bonds. The Balaban J connectivity index is 1.46. The molecule has 0 unspecified atom stereocenters. The second-order valence-electron chi connectivity index (χ2n) is 10.5. The molecule has 198 valence electrons. The number of hydrogen-bond acceptors (Lipinski definition) is 5. The number of aliphatic hydroxyl groups is 1. The predicted octanol–water partition coefficient (Wildman–Crippen LogP) is 4.95. The fourth-order valence-electron chi connectivity index (χ4n) is 5.25. The summed E-state index contributed by atoms with van der Waals surface area (Å²) in [4.78, 5) is 32.0. The number of benzene rings is 1. The van der Waals surface area contributed by atoms with E-state index in [1.165, 1.54) is 10.9 Å². The highest BCUT2D eigenvalue weighted by Crippen LogP contribution is 2.33. The SMILES string of the molecule is CC(C)N(c1nn(-c2ccc(-c3cn4cccc(CO)c4n3)cc2)cc1C(=O)O)C(=O)[C@H]1CC[C@H](C)CC1. The third-order valence-electron chi connectivity index (χ3n) is 7.43. The zero-order chi connectivity index (χ0) is 27.0. The molecule has 5 rings (SSSR count). The van der Waals surface area contributed by atoms with E-state index >= 15 is 0 Å². The molecule has 0 bridgehead atoms. The maximum Gasteiger partial charge on any atom is 0.341 e. The molecule has 1 fully saturated rings. The van der Waals surface area contributed by atoms with Crippen molar-refractivity contribution in [1.29, 1.82) is 0 Å². The van der Waals surface area contributed by atoms with Crippen molar-refractivity contribution in [3.8, 4) is 16.9 Å². The van der Waals surface area contributed by atoms with E-state index in [2.05, 4.69) is 17.0 Å². The zero-order valence-corrected chi connectivity index (χ0v) is 21.9. The molecule has 2 N–H and O–H groups in total. The summed E-state index contributed by atoms with van der Waals surface area (Å²) in [5, 5.41) is 24.2. The van der Waals surface area contributed by atoms with Crippen LogP contribution in [0.3, 0.4) is 0 Å². The first-order chi connectivity index (χ1) is 18.3. The monoisotopic (exact) mass is 515 g/mol. The number of aliphatic hydroxyl groups excluding tert-OH is 1. The molecule has 1 aliphatic rings. The number of carboxylic acid groups (broad SMARTS) is 1. The second-order valence-corrected chi connectivity index (χ2v) is 10.5. The molecule has 3 heterocycles. The minimum atomic E-state index is -1.12. The van der Waals surface area contributed by atoms with Gasteiger partial charge in [-0.3, -0.25) is 9.69 Å². The molecule has 1 aromatic carbocycles. The number of fused-ring (bicyclic) bond motifs is 1. The number of aromatic carboxylic acids is 1. The van der Waals surface area contributed by atoms with Gasteiger partial charge in [-0.05, 0) is 63.6 Å². The standard InChI is InChI=1S/C29H33N5O4/c1-18(2)34(28(36)21-8-6-19(3)7-9-21)27-24(29(37)38)15-33(31-27)23-12-10-20(11-13-23)25-16-32-14-4-5-22(17-35)26(32)30-25/h4-5,10-16,18-19,21,35H,6-9,17H2,1-3H3,(H,37,38)/t19-,21-. The minimum absolute atomic E-state index is 0.00260. The summed E-state index contributed by atoms with van der Waals surface area (Å²) in [5.41, 5.74) is 3.73. The topological polar surface area (TPSA) is 113 Å². The van der Waals surface area contributed by atoms with Crippen molar-refractivity contribution in [2.24, 2.45) is 11.8 Å². The molecule has 0 aliphatic heterocycles. The molecular formula is C29H33N5O4. The van der Waals surface area contributed by atoms with Crippen LogP contribution in [0.4, 0.5) is 5.82 Å². The van der Waals surface area contributed by atoms with Gasteiger partial charge in [-0.15, -0.1) is 5.10 Å². The fraction of sp³-hybridized carbons (Fsp3) is 0.379. The zero-order valence-electron chi connectivity index (χ0n) is 21.9. The number of amides is 1. The smallest absolute Gasteiger partial charge is 0.341 e. The largest absolute Gasteiger partial charge is 0.477 e. The van der Waals surface area contributed by atoms with Gasteiger partial charge in [-0.2, -0.15) is 0 Å². The number of aromatic nitrogens is 4. The molecular weight excluding hydrogens is 482 g/mol. The Morgan fingerprint density at radius 3 is 2.42 bits per heavy atom. The molecule has 0 atom stereocenters. The van der Waals surface area contributed by atoms with Crippen LogP contribution >= 0.6 is 0 Å². The van der Waals surface area contributed by atoms with E-state index in [-0.39, 0.29) is 35.9 Å². The lowest BCUT2D eigenvalue weighted by Crippen LogP contribution is -2.43. The average molecular weight is 516 g/mol. The Morgan fingerprint density at radius 2 is 1.79 bits per heavy atom. The van der Waals surface area contributed by atoms with Gasteiger partial charge in [-0.25, -0.2) is 14.5 Å². The van der Waals surface area contributed by atoms with Crippen LogP contribution in [-0.2, 0) is 11.4 Å². The lowest BCUT2D eigenvalue weighted by Gasteiger charge is -2.32. The number of anilines is 1. The maximum absolute atomic E-state index is 13.5. The Hall–Kier alpha value is -3.98. The van der Waals surface area contributed by atoms with Crippen LogP contribution in [-0.4, -0.2) is 47.3 Å². The highest BCUT2D eigenvalue weighted by atomic mass is 16.4. The van der Waals surface area contributed by atoms with Gasteiger partial charge in [0.25, 0.3) is 0 Å². The van der Waals surface area contributed by atoms with Crippen molar-refractivity contribution in [2.45, 2.75) is 59.1 Å². The van der Waals surface area contributed by atoms with Crippen LogP contribution in [0.5, 0.6) is 0 Å². The molecule has 0 saturated heterocycles. The van der Waals surface area contributed by atoms with Crippen molar-refractivity contribution >= 4 is 23.3 Å². The summed E-state index contributed by atoms with van der Waals surface area (Å²) in [6, 6.07) is 11.0. The molecule has 38 heavy (non-hydrogen) atoms. The van der Waals surface area contributed by atoms with Gasteiger partial charge in [0.1, 0.15) is 11.2 Å². The van der Waals surface area contributed by atoms with Crippen LogP contribution in [0.15, 0.2) is 55.0 Å². The Labute approximate surface area is 221 Å². The van der Waals surface area contributed by atoms with Gasteiger partial charge in [0.05, 0.1) is 18.0 Å². The van der Waals surface area contributed by atoms with E-state index in [0.29, 0.717) is 17.3 Å². The first-order valence-corrected chi connectivity index (χ1v) is 13.1. The molecule has 0 radical (unpaired) electrons. The molecule has 9 nitrogen and oxygen atoms in total. The number of pyridine rings is 1. The number of nitrogens with zero attached hydrogens (tertiary/aromatic N) is 5. The molecule has 4 aromatic rings. The van der Waals surface area contributed by atoms with Gasteiger partial charge in [0.15, 0.2) is 5.82 Å². The highest BCUT2D eigenvalue weighted by Gasteiger charge is 2.34. The number of carbonyl (C=O) groups excluding carboxylic acids is 1. The molecule has 1 aliphatic carbocycles. The fourth-order valence-corrected chi connectivity index (χ4v) is 5.25. The summed E-state index contributed by atoms with van der Waals surface area (Å²) in [5.74, 6) is -0.499. The number of hydrogen-bond donors (Lipinski definition) is 2. The van der Waals surface area contributed by atoms with Crippen LogP contribution in [0.25, 0.3) is 22.6 Å². The number of imidazole rings is 1. The quantitative estimate of drug-likeness (QED) is 0.360. The summed E-state index contributed by atoms with van der Waals surface area (Å²) in [7, 11) is 0. The van der Waals surface area contributed by atoms with Crippen molar-refractivity contribution in [1.82, 2.24) is 19.2 Å². The van der Waals surface area contributed by atoms with E-state index in [4.69, 9.17) is 0 Å². The highest BCUT2D eigenvalue weighted by molar-refractivity contribution is 6.01. The van der Waals surface area contributed by atoms with Crippen LogP contribution < -0.4 is 4.90 Å². The van der Waals surface area contributed by atoms with Crippen molar-refractivity contribution in [3.63, 3.8) is 0 Å². The number of rotatable bonds is 7.